The number of ether oxygens (including phenoxy) is 2. The van der Waals surface area contributed by atoms with Crippen LogP contribution < -0.4 is 15.2 Å². The fourth-order valence-corrected chi connectivity index (χ4v) is 2.23. The molecular weight excluding hydrogens is 280 g/mol. The SMILES string of the molecule is CCOc1ccc([C@@H](N)c2n[nH]c(CC(C)C)n2)cc1OC. The number of hydrogen-bond acceptors (Lipinski definition) is 5. The second-order valence-corrected chi connectivity index (χ2v) is 5.56. The molecule has 0 amide bonds. The van der Waals surface area contributed by atoms with Crippen LogP contribution in [0.2, 0.25) is 0 Å². The predicted molar refractivity (Wildman–Crippen MR) is 85.1 cm³/mol. The average molecular weight is 304 g/mol. The van der Waals surface area contributed by atoms with E-state index in [0.717, 1.165) is 17.8 Å². The molecule has 1 heterocycles. The molecule has 0 aliphatic rings. The molecule has 120 valence electrons. The third-order valence-corrected chi connectivity index (χ3v) is 3.28. The summed E-state index contributed by atoms with van der Waals surface area (Å²) in [6, 6.07) is 5.24. The van der Waals surface area contributed by atoms with E-state index in [-0.39, 0.29) is 0 Å². The Kier molecular flexibility index (Phi) is 5.38. The number of aromatic amines is 1. The summed E-state index contributed by atoms with van der Waals surface area (Å²) < 4.78 is 10.9. The quantitative estimate of drug-likeness (QED) is 0.820. The standard InChI is InChI=1S/C16H24N4O2/c1-5-22-12-7-6-11(9-13(12)21-4)15(17)16-18-14(19-20-16)8-10(2)3/h6-7,9-10,15H,5,8,17H2,1-4H3,(H,18,19,20)/t15-/m1/s1. The Labute approximate surface area is 131 Å². The fraction of sp³-hybridized carbons (Fsp3) is 0.500. The molecular formula is C16H24N4O2. The maximum absolute atomic E-state index is 6.27. The summed E-state index contributed by atoms with van der Waals surface area (Å²) in [5.74, 6) is 3.33. The van der Waals surface area contributed by atoms with Gasteiger partial charge in [-0.2, -0.15) is 5.10 Å². The monoisotopic (exact) mass is 304 g/mol. The Morgan fingerprint density at radius 3 is 2.68 bits per heavy atom. The van der Waals surface area contributed by atoms with Crippen molar-refractivity contribution in [3.63, 3.8) is 0 Å². The summed E-state index contributed by atoms with van der Waals surface area (Å²) >= 11 is 0. The number of nitrogens with zero attached hydrogens (tertiary/aromatic N) is 2. The molecule has 0 unspecified atom stereocenters. The Balaban J connectivity index is 2.21. The number of H-pyrrole nitrogens is 1. The molecule has 6 heteroatoms. The van der Waals surface area contributed by atoms with E-state index in [1.807, 2.05) is 25.1 Å². The second-order valence-electron chi connectivity index (χ2n) is 5.56. The molecule has 0 radical (unpaired) electrons. The average Bonchev–Trinajstić information content (AvgIpc) is 2.95. The number of rotatable bonds is 7. The zero-order valence-corrected chi connectivity index (χ0v) is 13.6. The minimum absolute atomic E-state index is 0.401. The highest BCUT2D eigenvalue weighted by Gasteiger charge is 2.17. The van der Waals surface area contributed by atoms with Gasteiger partial charge >= 0.3 is 0 Å². The van der Waals surface area contributed by atoms with Crippen molar-refractivity contribution in [1.82, 2.24) is 15.2 Å². The van der Waals surface area contributed by atoms with Crippen molar-refractivity contribution in [3.8, 4) is 11.5 Å². The molecule has 0 bridgehead atoms. The van der Waals surface area contributed by atoms with Crippen LogP contribution in [0.15, 0.2) is 18.2 Å². The Morgan fingerprint density at radius 1 is 1.27 bits per heavy atom. The first-order valence-electron chi connectivity index (χ1n) is 7.52. The molecule has 1 aromatic heterocycles. The molecule has 0 saturated carbocycles. The van der Waals surface area contributed by atoms with Gasteiger partial charge in [0, 0.05) is 6.42 Å². The number of aromatic nitrogens is 3. The van der Waals surface area contributed by atoms with Gasteiger partial charge in [0.2, 0.25) is 0 Å². The molecule has 0 aliphatic heterocycles. The van der Waals surface area contributed by atoms with Crippen LogP contribution in [0.4, 0.5) is 0 Å². The first kappa shape index (κ1) is 16.3. The van der Waals surface area contributed by atoms with Crippen LogP contribution in [-0.2, 0) is 6.42 Å². The lowest BCUT2D eigenvalue weighted by molar-refractivity contribution is 0.310. The topological polar surface area (TPSA) is 86.0 Å². The van der Waals surface area contributed by atoms with Crippen LogP contribution in [-0.4, -0.2) is 28.9 Å². The second kappa shape index (κ2) is 7.26. The third kappa shape index (κ3) is 3.76. The summed E-state index contributed by atoms with van der Waals surface area (Å²) in [6.07, 6.45) is 0.853. The minimum Gasteiger partial charge on any atom is -0.493 e. The van der Waals surface area contributed by atoms with Gasteiger partial charge in [-0.05, 0) is 30.5 Å². The molecule has 6 nitrogen and oxygen atoms in total. The van der Waals surface area contributed by atoms with Crippen molar-refractivity contribution in [2.45, 2.75) is 33.2 Å². The molecule has 2 aromatic rings. The van der Waals surface area contributed by atoms with Gasteiger partial charge in [-0.15, -0.1) is 0 Å². The summed E-state index contributed by atoms with van der Waals surface area (Å²) in [4.78, 5) is 4.48. The maximum Gasteiger partial charge on any atom is 0.171 e. The largest absolute Gasteiger partial charge is 0.493 e. The number of nitrogens with two attached hydrogens (primary N) is 1. The van der Waals surface area contributed by atoms with Crippen molar-refractivity contribution in [1.29, 1.82) is 0 Å². The number of nitrogens with one attached hydrogen (secondary N) is 1. The summed E-state index contributed by atoms with van der Waals surface area (Å²) in [7, 11) is 1.61. The van der Waals surface area contributed by atoms with E-state index in [4.69, 9.17) is 15.2 Å². The number of benzene rings is 1. The number of hydrogen-bond donors (Lipinski definition) is 2. The first-order chi connectivity index (χ1) is 10.5. The van der Waals surface area contributed by atoms with Gasteiger partial charge in [0.25, 0.3) is 0 Å². The van der Waals surface area contributed by atoms with Gasteiger partial charge < -0.3 is 15.2 Å². The Bertz CT molecular complexity index is 610. The van der Waals surface area contributed by atoms with E-state index in [9.17, 15) is 0 Å². The molecule has 0 spiro atoms. The van der Waals surface area contributed by atoms with Crippen molar-refractivity contribution in [2.75, 3.05) is 13.7 Å². The van der Waals surface area contributed by atoms with Crippen molar-refractivity contribution >= 4 is 0 Å². The van der Waals surface area contributed by atoms with E-state index >= 15 is 0 Å². The van der Waals surface area contributed by atoms with Crippen LogP contribution in [0.3, 0.4) is 0 Å². The lowest BCUT2D eigenvalue weighted by Crippen LogP contribution is -2.14. The molecule has 0 fully saturated rings. The van der Waals surface area contributed by atoms with Crippen molar-refractivity contribution in [3.05, 3.63) is 35.4 Å². The van der Waals surface area contributed by atoms with Crippen LogP contribution in [0.1, 0.15) is 44.0 Å². The van der Waals surface area contributed by atoms with Crippen molar-refractivity contribution in [2.24, 2.45) is 11.7 Å². The zero-order chi connectivity index (χ0) is 16.1. The Morgan fingerprint density at radius 2 is 2.05 bits per heavy atom. The van der Waals surface area contributed by atoms with Gasteiger partial charge in [-0.3, -0.25) is 5.10 Å². The normalized spacial score (nSPS) is 12.5. The van der Waals surface area contributed by atoms with Gasteiger partial charge in [0.05, 0.1) is 19.8 Å². The minimum atomic E-state index is -0.401. The number of methoxy groups -OCH3 is 1. The van der Waals surface area contributed by atoms with Gasteiger partial charge in [0.15, 0.2) is 17.3 Å². The highest BCUT2D eigenvalue weighted by molar-refractivity contribution is 5.44. The third-order valence-electron chi connectivity index (χ3n) is 3.28. The molecule has 2 rings (SSSR count). The van der Waals surface area contributed by atoms with Crippen molar-refractivity contribution < 1.29 is 9.47 Å². The van der Waals surface area contributed by atoms with Crippen LogP contribution in [0.5, 0.6) is 11.5 Å². The van der Waals surface area contributed by atoms with E-state index in [0.29, 0.717) is 29.8 Å². The van der Waals surface area contributed by atoms with Crippen LogP contribution in [0.25, 0.3) is 0 Å². The van der Waals surface area contributed by atoms with E-state index < -0.39 is 6.04 Å². The lowest BCUT2D eigenvalue weighted by Gasteiger charge is -2.13. The first-order valence-corrected chi connectivity index (χ1v) is 7.52. The smallest absolute Gasteiger partial charge is 0.171 e. The van der Waals surface area contributed by atoms with Gasteiger partial charge in [-0.25, -0.2) is 4.98 Å². The molecule has 1 atom stereocenters. The maximum atomic E-state index is 6.27. The molecule has 1 aromatic carbocycles. The van der Waals surface area contributed by atoms with Gasteiger partial charge in [0.1, 0.15) is 5.82 Å². The molecule has 3 N–H and O–H groups in total. The summed E-state index contributed by atoms with van der Waals surface area (Å²) in [6.45, 7) is 6.79. The highest BCUT2D eigenvalue weighted by atomic mass is 16.5. The van der Waals surface area contributed by atoms with E-state index in [1.165, 1.54) is 0 Å². The molecule has 0 saturated heterocycles. The zero-order valence-electron chi connectivity index (χ0n) is 13.6. The summed E-state index contributed by atoms with van der Waals surface area (Å²) in [5.41, 5.74) is 7.15. The van der Waals surface area contributed by atoms with Gasteiger partial charge in [-0.1, -0.05) is 19.9 Å². The molecule has 0 aliphatic carbocycles. The Hall–Kier alpha value is -2.08. The highest BCUT2D eigenvalue weighted by Crippen LogP contribution is 2.31. The van der Waals surface area contributed by atoms with E-state index in [2.05, 4.69) is 29.0 Å². The van der Waals surface area contributed by atoms with Crippen LogP contribution >= 0.6 is 0 Å². The van der Waals surface area contributed by atoms with E-state index in [1.54, 1.807) is 7.11 Å². The van der Waals surface area contributed by atoms with Crippen LogP contribution in [0, 0.1) is 5.92 Å². The lowest BCUT2D eigenvalue weighted by atomic mass is 10.1. The molecule has 22 heavy (non-hydrogen) atoms. The summed E-state index contributed by atoms with van der Waals surface area (Å²) in [5, 5.41) is 7.18. The predicted octanol–water partition coefficient (Wildman–Crippen LogP) is 2.46. The fourth-order valence-electron chi connectivity index (χ4n) is 2.23.